The lowest BCUT2D eigenvalue weighted by atomic mass is 9.91. The Hall–Kier alpha value is -2.40. The van der Waals surface area contributed by atoms with Crippen LogP contribution in [0.15, 0.2) is 42.5 Å². The Morgan fingerprint density at radius 2 is 1.56 bits per heavy atom. The molecule has 5 nitrogen and oxygen atoms in total. The fourth-order valence-electron chi connectivity index (χ4n) is 6.23. The van der Waals surface area contributed by atoms with Gasteiger partial charge in [-0.05, 0) is 80.3 Å². The summed E-state index contributed by atoms with van der Waals surface area (Å²) in [6.07, 6.45) is 6.73. The van der Waals surface area contributed by atoms with Crippen LogP contribution >= 0.6 is 0 Å². The zero-order chi connectivity index (χ0) is 23.5. The maximum absolute atomic E-state index is 13.5. The molecule has 34 heavy (non-hydrogen) atoms. The second kappa shape index (κ2) is 10.5. The smallest absolute Gasteiger partial charge is 0.254 e. The summed E-state index contributed by atoms with van der Waals surface area (Å²) in [5, 5.41) is 2.08. The van der Waals surface area contributed by atoms with E-state index in [1.165, 1.54) is 32.4 Å². The molecule has 0 spiro atoms. The number of benzene rings is 2. The topological polar surface area (TPSA) is 43.9 Å². The van der Waals surface area contributed by atoms with E-state index < -0.39 is 0 Å². The number of fused-ring (bicyclic) bond motifs is 1. The quantitative estimate of drug-likeness (QED) is 0.665. The first-order valence-corrected chi connectivity index (χ1v) is 13.4. The van der Waals surface area contributed by atoms with Crippen molar-refractivity contribution in [2.24, 2.45) is 17.8 Å². The third-order valence-electron chi connectivity index (χ3n) is 8.30. The van der Waals surface area contributed by atoms with Crippen LogP contribution in [0.1, 0.15) is 55.8 Å². The predicted molar refractivity (Wildman–Crippen MR) is 137 cm³/mol. The molecule has 182 valence electrons. The molecule has 0 N–H and O–H groups in total. The molecule has 0 saturated carbocycles. The summed E-state index contributed by atoms with van der Waals surface area (Å²) in [7, 11) is 0. The largest absolute Gasteiger partial charge is 0.342 e. The highest BCUT2D eigenvalue weighted by Gasteiger charge is 2.34. The van der Waals surface area contributed by atoms with Crippen LogP contribution in [-0.2, 0) is 4.79 Å². The van der Waals surface area contributed by atoms with Gasteiger partial charge in [0, 0.05) is 38.3 Å². The number of hydrogen-bond acceptors (Lipinski definition) is 3. The number of carbonyl (C=O) groups excluding carboxylic acids is 2. The lowest BCUT2D eigenvalue weighted by Crippen LogP contribution is -2.50. The van der Waals surface area contributed by atoms with Crippen LogP contribution in [0.3, 0.4) is 0 Å². The van der Waals surface area contributed by atoms with Crippen molar-refractivity contribution >= 4 is 22.6 Å². The van der Waals surface area contributed by atoms with E-state index in [1.54, 1.807) is 0 Å². The Morgan fingerprint density at radius 3 is 2.41 bits per heavy atom. The summed E-state index contributed by atoms with van der Waals surface area (Å²) < 4.78 is 0. The van der Waals surface area contributed by atoms with E-state index in [0.29, 0.717) is 12.5 Å². The minimum atomic E-state index is -0.0673. The van der Waals surface area contributed by atoms with Gasteiger partial charge in [0.2, 0.25) is 5.91 Å². The molecule has 3 saturated heterocycles. The summed E-state index contributed by atoms with van der Waals surface area (Å²) in [5.41, 5.74) is 0.750. The van der Waals surface area contributed by atoms with Crippen molar-refractivity contribution in [2.45, 2.75) is 45.4 Å². The van der Waals surface area contributed by atoms with Gasteiger partial charge in [-0.2, -0.15) is 0 Å². The minimum Gasteiger partial charge on any atom is -0.342 e. The van der Waals surface area contributed by atoms with Crippen molar-refractivity contribution in [3.05, 3.63) is 48.0 Å². The van der Waals surface area contributed by atoms with Gasteiger partial charge in [0.1, 0.15) is 0 Å². The predicted octanol–water partition coefficient (Wildman–Crippen LogP) is 4.66. The van der Waals surface area contributed by atoms with E-state index in [-0.39, 0.29) is 17.7 Å². The molecule has 0 bridgehead atoms. The number of likely N-dealkylation sites (tertiary alicyclic amines) is 3. The van der Waals surface area contributed by atoms with Gasteiger partial charge >= 0.3 is 0 Å². The first-order chi connectivity index (χ1) is 16.6. The summed E-state index contributed by atoms with van der Waals surface area (Å²) in [4.78, 5) is 33.6. The molecule has 3 aliphatic heterocycles. The van der Waals surface area contributed by atoms with E-state index in [0.717, 1.165) is 67.7 Å². The van der Waals surface area contributed by atoms with E-state index in [9.17, 15) is 9.59 Å². The van der Waals surface area contributed by atoms with Crippen molar-refractivity contribution in [3.8, 4) is 0 Å². The standard InChI is InChI=1S/C29H39N3O2/c1-22-13-17-30(18-14-22)19-23-7-5-15-31(20-23)28(33)25-10-6-16-32(21-25)29(34)27-12-4-9-24-8-2-3-11-26(24)27/h2-4,8-9,11-12,22-23,25H,5-7,10,13-21H2,1H3. The Labute approximate surface area is 204 Å². The van der Waals surface area contributed by atoms with Crippen molar-refractivity contribution in [3.63, 3.8) is 0 Å². The SMILES string of the molecule is CC1CCN(CC2CCCN(C(=O)C3CCCN(C(=O)c4cccc5ccccc45)C3)C2)CC1. The Bertz CT molecular complexity index is 1010. The molecule has 0 aliphatic carbocycles. The van der Waals surface area contributed by atoms with E-state index in [2.05, 4.69) is 16.7 Å². The summed E-state index contributed by atoms with van der Waals surface area (Å²) >= 11 is 0. The molecule has 2 aromatic rings. The molecule has 5 heteroatoms. The van der Waals surface area contributed by atoms with Gasteiger partial charge in [0.05, 0.1) is 5.92 Å². The van der Waals surface area contributed by atoms with Gasteiger partial charge in [-0.25, -0.2) is 0 Å². The number of rotatable bonds is 4. The van der Waals surface area contributed by atoms with Crippen LogP contribution in [0.2, 0.25) is 0 Å². The molecule has 2 amide bonds. The molecular formula is C29H39N3O2. The van der Waals surface area contributed by atoms with Gasteiger partial charge in [0.15, 0.2) is 0 Å². The van der Waals surface area contributed by atoms with Gasteiger partial charge in [0.25, 0.3) is 5.91 Å². The zero-order valence-corrected chi connectivity index (χ0v) is 20.6. The molecule has 3 heterocycles. The second-order valence-corrected chi connectivity index (χ2v) is 10.9. The summed E-state index contributed by atoms with van der Waals surface area (Å²) in [6.45, 7) is 8.95. The number of hydrogen-bond donors (Lipinski definition) is 0. The highest BCUT2D eigenvalue weighted by atomic mass is 16.2. The normalized spacial score (nSPS) is 25.0. The second-order valence-electron chi connectivity index (χ2n) is 10.9. The fraction of sp³-hybridized carbons (Fsp3) is 0.586. The lowest BCUT2D eigenvalue weighted by Gasteiger charge is -2.40. The molecule has 5 rings (SSSR count). The summed E-state index contributed by atoms with van der Waals surface area (Å²) in [5.74, 6) is 1.70. The van der Waals surface area contributed by atoms with Gasteiger partial charge < -0.3 is 14.7 Å². The first-order valence-electron chi connectivity index (χ1n) is 13.4. The first kappa shape index (κ1) is 23.3. The minimum absolute atomic E-state index is 0.0603. The maximum atomic E-state index is 13.5. The third kappa shape index (κ3) is 5.14. The average molecular weight is 462 g/mol. The third-order valence-corrected chi connectivity index (χ3v) is 8.30. The summed E-state index contributed by atoms with van der Waals surface area (Å²) in [6, 6.07) is 14.0. The van der Waals surface area contributed by atoms with Crippen LogP contribution < -0.4 is 0 Å². The molecule has 3 aliphatic rings. The highest BCUT2D eigenvalue weighted by molar-refractivity contribution is 6.07. The molecule has 2 unspecified atom stereocenters. The van der Waals surface area contributed by atoms with E-state index >= 15 is 0 Å². The van der Waals surface area contributed by atoms with Crippen LogP contribution in [0.25, 0.3) is 10.8 Å². The number of amides is 2. The van der Waals surface area contributed by atoms with Gasteiger partial charge in [-0.3, -0.25) is 9.59 Å². The molecule has 3 fully saturated rings. The Morgan fingerprint density at radius 1 is 0.824 bits per heavy atom. The van der Waals surface area contributed by atoms with Crippen LogP contribution in [0.5, 0.6) is 0 Å². The van der Waals surface area contributed by atoms with E-state index in [4.69, 9.17) is 0 Å². The Balaban J connectivity index is 1.21. The number of carbonyl (C=O) groups is 2. The van der Waals surface area contributed by atoms with E-state index in [1.807, 2.05) is 47.4 Å². The van der Waals surface area contributed by atoms with Crippen LogP contribution in [0, 0.1) is 17.8 Å². The molecule has 0 aromatic heterocycles. The number of piperidine rings is 3. The van der Waals surface area contributed by atoms with Crippen molar-refractivity contribution in [1.29, 1.82) is 0 Å². The molecule has 2 atom stereocenters. The van der Waals surface area contributed by atoms with Crippen molar-refractivity contribution in [1.82, 2.24) is 14.7 Å². The lowest BCUT2D eigenvalue weighted by molar-refractivity contribution is -0.139. The van der Waals surface area contributed by atoms with Crippen molar-refractivity contribution < 1.29 is 9.59 Å². The Kier molecular flexibility index (Phi) is 7.19. The monoisotopic (exact) mass is 461 g/mol. The van der Waals surface area contributed by atoms with Crippen molar-refractivity contribution in [2.75, 3.05) is 45.8 Å². The van der Waals surface area contributed by atoms with Crippen LogP contribution in [0.4, 0.5) is 0 Å². The number of nitrogens with zero attached hydrogens (tertiary/aromatic N) is 3. The van der Waals surface area contributed by atoms with Crippen LogP contribution in [-0.4, -0.2) is 72.3 Å². The average Bonchev–Trinajstić information content (AvgIpc) is 2.89. The fourth-order valence-corrected chi connectivity index (χ4v) is 6.23. The highest BCUT2D eigenvalue weighted by Crippen LogP contribution is 2.27. The molecule has 2 aromatic carbocycles. The van der Waals surface area contributed by atoms with Gasteiger partial charge in [-0.1, -0.05) is 43.3 Å². The van der Waals surface area contributed by atoms with Gasteiger partial charge in [-0.15, -0.1) is 0 Å². The zero-order valence-electron chi connectivity index (χ0n) is 20.6. The molecular weight excluding hydrogens is 422 g/mol. The molecule has 0 radical (unpaired) electrons. The maximum Gasteiger partial charge on any atom is 0.254 e.